The number of carbonyl (C=O) groups excluding carboxylic acids is 1. The molecule has 6 heteroatoms. The highest BCUT2D eigenvalue weighted by atomic mass is 35.5. The first-order valence-electron chi connectivity index (χ1n) is 4.96. The van der Waals surface area contributed by atoms with Gasteiger partial charge in [0, 0.05) is 12.2 Å². The standard InChI is InChI=1S/C11H11Cl2N3O/c1-2-16(6-5-14)11(17)15-8-3-4-9(12)10(13)7-8/h3-4,7H,2,6H2,1H3,(H,15,17). The maximum atomic E-state index is 11.7. The summed E-state index contributed by atoms with van der Waals surface area (Å²) >= 11 is 11.6. The van der Waals surface area contributed by atoms with Crippen molar-refractivity contribution in [1.29, 1.82) is 5.26 Å². The number of benzene rings is 1. The molecule has 0 aromatic heterocycles. The van der Waals surface area contributed by atoms with Crippen LogP contribution in [-0.4, -0.2) is 24.0 Å². The Bertz CT molecular complexity index is 457. The number of carbonyl (C=O) groups is 1. The number of anilines is 1. The van der Waals surface area contributed by atoms with E-state index in [0.29, 0.717) is 22.3 Å². The number of urea groups is 1. The summed E-state index contributed by atoms with van der Waals surface area (Å²) in [6, 6.07) is 6.38. The Morgan fingerprint density at radius 1 is 1.47 bits per heavy atom. The Morgan fingerprint density at radius 3 is 2.71 bits per heavy atom. The number of amides is 2. The van der Waals surface area contributed by atoms with Crippen LogP contribution in [0, 0.1) is 11.3 Å². The molecular formula is C11H11Cl2N3O. The highest BCUT2D eigenvalue weighted by Gasteiger charge is 2.11. The molecular weight excluding hydrogens is 261 g/mol. The summed E-state index contributed by atoms with van der Waals surface area (Å²) in [7, 11) is 0. The van der Waals surface area contributed by atoms with Gasteiger partial charge in [0.15, 0.2) is 0 Å². The first kappa shape index (κ1) is 13.6. The van der Waals surface area contributed by atoms with Gasteiger partial charge in [-0.15, -0.1) is 0 Å². The molecule has 2 amide bonds. The number of hydrogen-bond donors (Lipinski definition) is 1. The van der Waals surface area contributed by atoms with Gasteiger partial charge in [-0.1, -0.05) is 23.2 Å². The van der Waals surface area contributed by atoms with Crippen molar-refractivity contribution in [3.05, 3.63) is 28.2 Å². The zero-order valence-electron chi connectivity index (χ0n) is 9.20. The van der Waals surface area contributed by atoms with Crippen LogP contribution in [-0.2, 0) is 0 Å². The third-order valence-electron chi connectivity index (χ3n) is 2.10. The summed E-state index contributed by atoms with van der Waals surface area (Å²) in [6.07, 6.45) is 0. The number of rotatable bonds is 3. The molecule has 0 radical (unpaired) electrons. The van der Waals surface area contributed by atoms with Crippen molar-refractivity contribution in [3.63, 3.8) is 0 Å². The first-order valence-corrected chi connectivity index (χ1v) is 5.72. The summed E-state index contributed by atoms with van der Waals surface area (Å²) < 4.78 is 0. The number of nitriles is 1. The zero-order chi connectivity index (χ0) is 12.8. The molecule has 1 aromatic rings. The fourth-order valence-electron chi connectivity index (χ4n) is 1.19. The normalized spacial score (nSPS) is 9.53. The van der Waals surface area contributed by atoms with Crippen molar-refractivity contribution in [1.82, 2.24) is 4.90 Å². The third-order valence-corrected chi connectivity index (χ3v) is 2.84. The van der Waals surface area contributed by atoms with E-state index in [4.69, 9.17) is 28.5 Å². The molecule has 0 heterocycles. The molecule has 0 bridgehead atoms. The molecule has 17 heavy (non-hydrogen) atoms. The summed E-state index contributed by atoms with van der Waals surface area (Å²) in [6.45, 7) is 2.30. The van der Waals surface area contributed by atoms with Gasteiger partial charge < -0.3 is 10.2 Å². The van der Waals surface area contributed by atoms with Crippen molar-refractivity contribution < 1.29 is 4.79 Å². The van der Waals surface area contributed by atoms with Crippen LogP contribution in [0.1, 0.15) is 6.92 Å². The van der Waals surface area contributed by atoms with Crippen LogP contribution in [0.3, 0.4) is 0 Å². The van der Waals surface area contributed by atoms with E-state index in [1.54, 1.807) is 25.1 Å². The quantitative estimate of drug-likeness (QED) is 0.857. The van der Waals surface area contributed by atoms with E-state index in [0.717, 1.165) is 0 Å². The highest BCUT2D eigenvalue weighted by Crippen LogP contribution is 2.25. The molecule has 90 valence electrons. The minimum atomic E-state index is -0.340. The van der Waals surface area contributed by atoms with Gasteiger partial charge in [-0.05, 0) is 25.1 Å². The summed E-state index contributed by atoms with van der Waals surface area (Å²) in [5, 5.41) is 12.0. The van der Waals surface area contributed by atoms with E-state index in [-0.39, 0.29) is 12.6 Å². The predicted octanol–water partition coefficient (Wildman–Crippen LogP) is 3.37. The minimum absolute atomic E-state index is 0.0453. The molecule has 1 rings (SSSR count). The second-order valence-corrected chi connectivity index (χ2v) is 4.05. The summed E-state index contributed by atoms with van der Waals surface area (Å²) in [5.41, 5.74) is 0.542. The van der Waals surface area contributed by atoms with E-state index >= 15 is 0 Å². The SMILES string of the molecule is CCN(CC#N)C(=O)Nc1ccc(Cl)c(Cl)c1. The highest BCUT2D eigenvalue weighted by molar-refractivity contribution is 6.42. The largest absolute Gasteiger partial charge is 0.322 e. The van der Waals surface area contributed by atoms with Crippen LogP contribution < -0.4 is 5.32 Å². The van der Waals surface area contributed by atoms with Gasteiger partial charge in [-0.2, -0.15) is 5.26 Å². The van der Waals surface area contributed by atoms with Crippen LogP contribution >= 0.6 is 23.2 Å². The average Bonchev–Trinajstić information content (AvgIpc) is 2.30. The molecule has 0 aliphatic carbocycles. The van der Waals surface area contributed by atoms with Gasteiger partial charge in [0.1, 0.15) is 6.54 Å². The van der Waals surface area contributed by atoms with Crippen LogP contribution in [0.4, 0.5) is 10.5 Å². The molecule has 0 aliphatic heterocycles. The van der Waals surface area contributed by atoms with Crippen molar-refractivity contribution >= 4 is 34.9 Å². The first-order chi connectivity index (χ1) is 8.08. The number of hydrogen-bond acceptors (Lipinski definition) is 2. The lowest BCUT2D eigenvalue weighted by Gasteiger charge is -2.18. The molecule has 0 fully saturated rings. The van der Waals surface area contributed by atoms with Crippen LogP contribution in [0.15, 0.2) is 18.2 Å². The van der Waals surface area contributed by atoms with Gasteiger partial charge in [0.2, 0.25) is 0 Å². The lowest BCUT2D eigenvalue weighted by atomic mass is 10.3. The third kappa shape index (κ3) is 3.81. The predicted molar refractivity (Wildman–Crippen MR) is 68.3 cm³/mol. The molecule has 1 N–H and O–H groups in total. The zero-order valence-corrected chi connectivity index (χ0v) is 10.7. The Hall–Kier alpha value is -1.44. The molecule has 0 unspecified atom stereocenters. The second kappa shape index (κ2) is 6.33. The van der Waals surface area contributed by atoms with Crippen LogP contribution in [0.5, 0.6) is 0 Å². The number of nitrogens with zero attached hydrogens (tertiary/aromatic N) is 2. The lowest BCUT2D eigenvalue weighted by Crippen LogP contribution is -2.35. The molecule has 0 saturated carbocycles. The van der Waals surface area contributed by atoms with Crippen molar-refractivity contribution in [2.45, 2.75) is 6.92 Å². The smallest absolute Gasteiger partial charge is 0.311 e. The maximum Gasteiger partial charge on any atom is 0.322 e. The molecule has 4 nitrogen and oxygen atoms in total. The lowest BCUT2D eigenvalue weighted by molar-refractivity contribution is 0.220. The van der Waals surface area contributed by atoms with E-state index in [9.17, 15) is 4.79 Å². The van der Waals surface area contributed by atoms with Gasteiger partial charge in [-0.25, -0.2) is 4.79 Å². The van der Waals surface area contributed by atoms with E-state index in [1.807, 2.05) is 6.07 Å². The van der Waals surface area contributed by atoms with Crippen molar-refractivity contribution in [3.8, 4) is 6.07 Å². The fraction of sp³-hybridized carbons (Fsp3) is 0.273. The summed E-state index contributed by atoms with van der Waals surface area (Å²) in [4.78, 5) is 13.1. The second-order valence-electron chi connectivity index (χ2n) is 3.23. The van der Waals surface area contributed by atoms with Crippen molar-refractivity contribution in [2.24, 2.45) is 0 Å². The molecule has 1 aromatic carbocycles. The van der Waals surface area contributed by atoms with Gasteiger partial charge in [0.25, 0.3) is 0 Å². The number of nitrogens with one attached hydrogen (secondary N) is 1. The van der Waals surface area contributed by atoms with E-state index in [1.165, 1.54) is 4.90 Å². The average molecular weight is 272 g/mol. The van der Waals surface area contributed by atoms with E-state index < -0.39 is 0 Å². The summed E-state index contributed by atoms with van der Waals surface area (Å²) in [5.74, 6) is 0. The maximum absolute atomic E-state index is 11.7. The number of halogens is 2. The topological polar surface area (TPSA) is 56.1 Å². The molecule has 0 saturated heterocycles. The molecule has 0 aliphatic rings. The molecule has 0 spiro atoms. The van der Waals surface area contributed by atoms with Gasteiger partial charge >= 0.3 is 6.03 Å². The molecule has 0 atom stereocenters. The fourth-order valence-corrected chi connectivity index (χ4v) is 1.49. The van der Waals surface area contributed by atoms with Crippen molar-refractivity contribution in [2.75, 3.05) is 18.4 Å². The van der Waals surface area contributed by atoms with Gasteiger partial charge in [0.05, 0.1) is 16.1 Å². The monoisotopic (exact) mass is 271 g/mol. The van der Waals surface area contributed by atoms with Gasteiger partial charge in [-0.3, -0.25) is 0 Å². The van der Waals surface area contributed by atoms with Crippen LogP contribution in [0.2, 0.25) is 10.0 Å². The Labute approximate surface area is 110 Å². The van der Waals surface area contributed by atoms with E-state index in [2.05, 4.69) is 5.32 Å². The Morgan fingerprint density at radius 2 is 2.18 bits per heavy atom. The van der Waals surface area contributed by atoms with Crippen LogP contribution in [0.25, 0.3) is 0 Å². The Balaban J connectivity index is 2.73. The Kier molecular flexibility index (Phi) is 5.08. The minimum Gasteiger partial charge on any atom is -0.311 e.